The molecule has 0 spiro atoms. The van der Waals surface area contributed by atoms with Crippen LogP contribution in [0.4, 0.5) is 5.82 Å². The normalized spacial score (nSPS) is 27.4. The summed E-state index contributed by atoms with van der Waals surface area (Å²) in [5, 5.41) is 0. The van der Waals surface area contributed by atoms with Crippen LogP contribution in [0.5, 0.6) is 0 Å². The number of esters is 2. The number of nitrogens with two attached hydrogens (primary N) is 2. The van der Waals surface area contributed by atoms with E-state index in [1.807, 2.05) is 0 Å². The summed E-state index contributed by atoms with van der Waals surface area (Å²) in [6.07, 6.45) is 1.99. The Morgan fingerprint density at radius 3 is 2.83 bits per heavy atom. The molecule has 24 heavy (non-hydrogen) atoms. The van der Waals surface area contributed by atoms with Crippen LogP contribution in [-0.4, -0.2) is 34.1 Å². The van der Waals surface area contributed by atoms with Crippen LogP contribution < -0.4 is 17.2 Å². The number of ether oxygens (including phenoxy) is 3. The molecule has 0 bridgehead atoms. The van der Waals surface area contributed by atoms with E-state index in [9.17, 15) is 14.4 Å². The van der Waals surface area contributed by atoms with Gasteiger partial charge in [0, 0.05) is 12.6 Å². The first-order chi connectivity index (χ1) is 11.4. The van der Waals surface area contributed by atoms with E-state index in [1.54, 1.807) is 0 Å². The van der Waals surface area contributed by atoms with Gasteiger partial charge in [0.05, 0.1) is 12.3 Å². The predicted octanol–water partition coefficient (Wildman–Crippen LogP) is -0.981. The largest absolute Gasteiger partial charge is 0.471 e. The van der Waals surface area contributed by atoms with Gasteiger partial charge in [0.15, 0.2) is 6.23 Å². The Kier molecular flexibility index (Phi) is 4.21. The molecule has 3 atom stereocenters. The fourth-order valence-corrected chi connectivity index (χ4v) is 2.48. The van der Waals surface area contributed by atoms with E-state index < -0.39 is 29.9 Å². The maximum absolute atomic E-state index is 11.9. The van der Waals surface area contributed by atoms with Crippen molar-refractivity contribution in [3.05, 3.63) is 34.8 Å². The minimum absolute atomic E-state index is 0.00354. The zero-order valence-electron chi connectivity index (χ0n) is 12.6. The summed E-state index contributed by atoms with van der Waals surface area (Å²) in [4.78, 5) is 38.9. The first-order valence-corrected chi connectivity index (χ1v) is 7.27. The minimum atomic E-state index is -1.07. The number of hydrogen-bond acceptors (Lipinski definition) is 9. The van der Waals surface area contributed by atoms with E-state index in [0.717, 1.165) is 6.26 Å². The summed E-state index contributed by atoms with van der Waals surface area (Å²) in [5.41, 5.74) is 10.4. The second-order valence-electron chi connectivity index (χ2n) is 5.50. The molecule has 0 radical (unpaired) electrons. The SMILES string of the molecule is Nc1ccn(C2CC3COC(=O)C(N)CC(=O)OC=C3O2)c(=O)n1. The van der Waals surface area contributed by atoms with E-state index in [1.165, 1.54) is 16.8 Å². The standard InChI is InChI=1S/C14H16N4O6/c15-8-4-12(19)22-6-9-7(5-23-13(8)20)3-11(24-9)18-2-1-10(16)17-14(18)21/h1-2,6-8,11H,3-5,15H2,(H2,16,17,21). The van der Waals surface area contributed by atoms with E-state index in [-0.39, 0.29) is 24.8 Å². The van der Waals surface area contributed by atoms with E-state index in [4.69, 9.17) is 25.7 Å². The number of rotatable bonds is 1. The Morgan fingerprint density at radius 2 is 2.08 bits per heavy atom. The van der Waals surface area contributed by atoms with Gasteiger partial charge < -0.3 is 25.7 Å². The molecule has 3 heterocycles. The summed E-state index contributed by atoms with van der Waals surface area (Å²) in [6, 6.07) is 0.392. The van der Waals surface area contributed by atoms with Crippen molar-refractivity contribution in [2.75, 3.05) is 12.3 Å². The molecule has 2 aliphatic heterocycles. The highest BCUT2D eigenvalue weighted by atomic mass is 16.6. The Morgan fingerprint density at radius 1 is 1.29 bits per heavy atom. The Balaban J connectivity index is 1.84. The minimum Gasteiger partial charge on any atom is -0.471 e. The maximum Gasteiger partial charge on any atom is 0.352 e. The van der Waals surface area contributed by atoms with Gasteiger partial charge in [-0.1, -0.05) is 0 Å². The zero-order chi connectivity index (χ0) is 17.3. The van der Waals surface area contributed by atoms with Crippen molar-refractivity contribution in [2.45, 2.75) is 25.1 Å². The predicted molar refractivity (Wildman–Crippen MR) is 78.9 cm³/mol. The van der Waals surface area contributed by atoms with Crippen LogP contribution in [0.2, 0.25) is 0 Å². The number of carbonyl (C=O) groups excluding carboxylic acids is 2. The summed E-state index contributed by atoms with van der Waals surface area (Å²) in [7, 11) is 0. The Labute approximate surface area is 136 Å². The third kappa shape index (κ3) is 3.23. The smallest absolute Gasteiger partial charge is 0.352 e. The molecule has 128 valence electrons. The summed E-state index contributed by atoms with van der Waals surface area (Å²) in [6.45, 7) is 0.00354. The molecule has 3 rings (SSSR count). The number of nitrogen functional groups attached to an aromatic ring is 1. The Hall–Kier alpha value is -2.88. The van der Waals surface area contributed by atoms with Gasteiger partial charge in [0.2, 0.25) is 0 Å². The monoisotopic (exact) mass is 336 g/mol. The van der Waals surface area contributed by atoms with Crippen molar-refractivity contribution in [3.63, 3.8) is 0 Å². The second kappa shape index (κ2) is 6.32. The fraction of sp³-hybridized carbons (Fsp3) is 0.429. The summed E-state index contributed by atoms with van der Waals surface area (Å²) in [5.74, 6) is -1.33. The molecule has 0 amide bonds. The molecule has 3 unspecified atom stereocenters. The van der Waals surface area contributed by atoms with Crippen molar-refractivity contribution in [1.29, 1.82) is 0 Å². The number of nitrogens with zero attached hydrogens (tertiary/aromatic N) is 2. The molecule has 0 aromatic carbocycles. The summed E-state index contributed by atoms with van der Waals surface area (Å²) < 4.78 is 17.0. The van der Waals surface area contributed by atoms with Crippen LogP contribution in [0.3, 0.4) is 0 Å². The lowest BCUT2D eigenvalue weighted by atomic mass is 10.1. The van der Waals surface area contributed by atoms with Crippen molar-refractivity contribution >= 4 is 17.8 Å². The lowest BCUT2D eigenvalue weighted by molar-refractivity contribution is -0.151. The van der Waals surface area contributed by atoms with Crippen LogP contribution >= 0.6 is 0 Å². The molecular weight excluding hydrogens is 320 g/mol. The first-order valence-electron chi connectivity index (χ1n) is 7.27. The third-order valence-corrected chi connectivity index (χ3v) is 3.75. The van der Waals surface area contributed by atoms with E-state index in [0.29, 0.717) is 12.2 Å². The molecule has 10 nitrogen and oxygen atoms in total. The topological polar surface area (TPSA) is 149 Å². The average Bonchev–Trinajstić information content (AvgIpc) is 2.92. The molecule has 0 aliphatic carbocycles. The van der Waals surface area contributed by atoms with Crippen LogP contribution in [0, 0.1) is 5.92 Å². The highest BCUT2D eigenvalue weighted by molar-refractivity contribution is 5.82. The molecule has 2 aliphatic rings. The van der Waals surface area contributed by atoms with E-state index in [2.05, 4.69) is 4.98 Å². The quantitative estimate of drug-likeness (QED) is 0.617. The molecule has 1 fully saturated rings. The highest BCUT2D eigenvalue weighted by Crippen LogP contribution is 2.36. The van der Waals surface area contributed by atoms with Crippen molar-refractivity contribution < 1.29 is 23.8 Å². The molecule has 4 N–H and O–H groups in total. The van der Waals surface area contributed by atoms with Crippen molar-refractivity contribution in [3.8, 4) is 0 Å². The third-order valence-electron chi connectivity index (χ3n) is 3.75. The van der Waals surface area contributed by atoms with Gasteiger partial charge in [0.1, 0.15) is 30.5 Å². The lowest BCUT2D eigenvalue weighted by Crippen LogP contribution is -2.36. The first kappa shape index (κ1) is 16.0. The van der Waals surface area contributed by atoms with Gasteiger partial charge in [0.25, 0.3) is 0 Å². The Bertz CT molecular complexity index is 758. The number of aromatic nitrogens is 2. The van der Waals surface area contributed by atoms with Crippen molar-refractivity contribution in [1.82, 2.24) is 9.55 Å². The molecule has 1 saturated heterocycles. The van der Waals surface area contributed by atoms with Gasteiger partial charge >= 0.3 is 17.6 Å². The molecule has 0 saturated carbocycles. The summed E-state index contributed by atoms with van der Waals surface area (Å²) >= 11 is 0. The van der Waals surface area contributed by atoms with Gasteiger partial charge in [-0.05, 0) is 6.07 Å². The number of fused-ring (bicyclic) bond motifs is 1. The van der Waals surface area contributed by atoms with Crippen LogP contribution in [0.25, 0.3) is 0 Å². The van der Waals surface area contributed by atoms with Crippen LogP contribution in [0.1, 0.15) is 19.1 Å². The van der Waals surface area contributed by atoms with Gasteiger partial charge in [-0.15, -0.1) is 0 Å². The van der Waals surface area contributed by atoms with Gasteiger partial charge in [-0.2, -0.15) is 4.98 Å². The van der Waals surface area contributed by atoms with Gasteiger partial charge in [-0.3, -0.25) is 14.2 Å². The van der Waals surface area contributed by atoms with Crippen LogP contribution in [0.15, 0.2) is 29.1 Å². The molecule has 10 heteroatoms. The maximum atomic E-state index is 11.9. The second-order valence-corrected chi connectivity index (χ2v) is 5.50. The fourth-order valence-electron chi connectivity index (χ4n) is 2.48. The lowest BCUT2D eigenvalue weighted by Gasteiger charge is -2.15. The van der Waals surface area contributed by atoms with Crippen LogP contribution in [-0.2, 0) is 23.8 Å². The number of cyclic esters (lactones) is 2. The highest BCUT2D eigenvalue weighted by Gasteiger charge is 2.36. The average molecular weight is 336 g/mol. The number of carbonyl (C=O) groups is 2. The molecule has 1 aromatic rings. The zero-order valence-corrected chi connectivity index (χ0v) is 12.6. The number of anilines is 1. The molecule has 1 aromatic heterocycles. The number of hydrogen-bond donors (Lipinski definition) is 2. The van der Waals surface area contributed by atoms with Crippen molar-refractivity contribution in [2.24, 2.45) is 11.7 Å². The van der Waals surface area contributed by atoms with E-state index >= 15 is 0 Å². The van der Waals surface area contributed by atoms with Gasteiger partial charge in [-0.25, -0.2) is 4.79 Å². The molecular formula is C14H16N4O6.